The Morgan fingerprint density at radius 2 is 2.17 bits per heavy atom. The Morgan fingerprint density at radius 3 is 2.67 bits per heavy atom. The first kappa shape index (κ1) is 13.7. The van der Waals surface area contributed by atoms with E-state index in [1.54, 1.807) is 6.07 Å². The van der Waals surface area contributed by atoms with Crippen molar-refractivity contribution in [3.63, 3.8) is 0 Å². The summed E-state index contributed by atoms with van der Waals surface area (Å²) in [5.41, 5.74) is 1.64. The SMILES string of the molecule is Cc1ccc(C(=O)N(CCCl)C2CCC2)c(Cl)c1. The normalized spacial score (nSPS) is 15.3. The van der Waals surface area contributed by atoms with Gasteiger partial charge in [-0.3, -0.25) is 4.79 Å². The third-order valence-electron chi connectivity index (χ3n) is 3.46. The third kappa shape index (κ3) is 2.81. The van der Waals surface area contributed by atoms with Crippen molar-refractivity contribution in [3.8, 4) is 0 Å². The number of carbonyl (C=O) groups excluding carboxylic acids is 1. The van der Waals surface area contributed by atoms with Gasteiger partial charge in [0.2, 0.25) is 0 Å². The van der Waals surface area contributed by atoms with Crippen molar-refractivity contribution >= 4 is 29.1 Å². The predicted octanol–water partition coefficient (Wildman–Crippen LogP) is 3.88. The molecule has 0 spiro atoms. The van der Waals surface area contributed by atoms with Crippen LogP contribution >= 0.6 is 23.2 Å². The van der Waals surface area contributed by atoms with Crippen LogP contribution in [0.15, 0.2) is 18.2 Å². The van der Waals surface area contributed by atoms with Crippen molar-refractivity contribution in [3.05, 3.63) is 34.3 Å². The molecule has 0 saturated heterocycles. The molecular formula is C14H17Cl2NO. The maximum Gasteiger partial charge on any atom is 0.255 e. The average Bonchev–Trinajstić information content (AvgIpc) is 2.25. The lowest BCUT2D eigenvalue weighted by Crippen LogP contribution is -2.45. The zero-order valence-electron chi connectivity index (χ0n) is 10.5. The monoisotopic (exact) mass is 285 g/mol. The molecule has 0 radical (unpaired) electrons. The molecule has 1 aromatic rings. The lowest BCUT2D eigenvalue weighted by molar-refractivity contribution is 0.0598. The first-order valence-corrected chi connectivity index (χ1v) is 7.18. The van der Waals surface area contributed by atoms with E-state index < -0.39 is 0 Å². The van der Waals surface area contributed by atoms with Crippen LogP contribution < -0.4 is 0 Å². The number of halogens is 2. The van der Waals surface area contributed by atoms with Crippen molar-refractivity contribution in [2.45, 2.75) is 32.2 Å². The molecule has 2 nitrogen and oxygen atoms in total. The zero-order valence-corrected chi connectivity index (χ0v) is 12.0. The Labute approximate surface area is 118 Å². The van der Waals surface area contributed by atoms with Crippen molar-refractivity contribution in [2.75, 3.05) is 12.4 Å². The highest BCUT2D eigenvalue weighted by Crippen LogP contribution is 2.28. The lowest BCUT2D eigenvalue weighted by atomic mass is 9.91. The van der Waals surface area contributed by atoms with Crippen LogP contribution in [-0.2, 0) is 0 Å². The van der Waals surface area contributed by atoms with Gasteiger partial charge in [0, 0.05) is 18.5 Å². The molecule has 0 atom stereocenters. The number of aryl methyl sites for hydroxylation is 1. The van der Waals surface area contributed by atoms with Gasteiger partial charge in [0.25, 0.3) is 5.91 Å². The van der Waals surface area contributed by atoms with Gasteiger partial charge in [-0.25, -0.2) is 0 Å². The van der Waals surface area contributed by atoms with Crippen LogP contribution in [0.5, 0.6) is 0 Å². The number of carbonyl (C=O) groups is 1. The summed E-state index contributed by atoms with van der Waals surface area (Å²) in [5, 5.41) is 0.527. The Bertz CT molecular complexity index is 443. The second-order valence-electron chi connectivity index (χ2n) is 4.76. The molecule has 0 unspecified atom stereocenters. The van der Waals surface area contributed by atoms with Gasteiger partial charge >= 0.3 is 0 Å². The quantitative estimate of drug-likeness (QED) is 0.769. The summed E-state index contributed by atoms with van der Waals surface area (Å²) in [6, 6.07) is 5.89. The van der Waals surface area contributed by atoms with Crippen LogP contribution in [0.2, 0.25) is 5.02 Å². The van der Waals surface area contributed by atoms with Crippen molar-refractivity contribution in [1.82, 2.24) is 4.90 Å². The minimum atomic E-state index is 0.00495. The van der Waals surface area contributed by atoms with Crippen molar-refractivity contribution in [1.29, 1.82) is 0 Å². The number of amides is 1. The van der Waals surface area contributed by atoms with E-state index in [1.165, 1.54) is 6.42 Å². The van der Waals surface area contributed by atoms with Crippen LogP contribution in [-0.4, -0.2) is 29.3 Å². The molecule has 0 bridgehead atoms. The topological polar surface area (TPSA) is 20.3 Å². The van der Waals surface area contributed by atoms with Gasteiger partial charge in [0.15, 0.2) is 0 Å². The molecule has 98 valence electrons. The maximum atomic E-state index is 12.5. The van der Waals surface area contributed by atoms with Crippen molar-refractivity contribution in [2.24, 2.45) is 0 Å². The summed E-state index contributed by atoms with van der Waals surface area (Å²) in [6.07, 6.45) is 3.34. The van der Waals surface area contributed by atoms with Crippen LogP contribution in [0.3, 0.4) is 0 Å². The fourth-order valence-corrected chi connectivity index (χ4v) is 2.69. The number of benzene rings is 1. The van der Waals surface area contributed by atoms with Gasteiger partial charge in [-0.1, -0.05) is 17.7 Å². The van der Waals surface area contributed by atoms with Gasteiger partial charge in [-0.05, 0) is 43.9 Å². The van der Waals surface area contributed by atoms with Crippen LogP contribution in [0.4, 0.5) is 0 Å². The van der Waals surface area contributed by atoms with Gasteiger partial charge in [-0.15, -0.1) is 11.6 Å². The molecule has 0 aromatic heterocycles. The standard InChI is InChI=1S/C14H17Cl2NO/c1-10-5-6-12(13(16)9-10)14(18)17(8-7-15)11-3-2-4-11/h5-6,9,11H,2-4,7-8H2,1H3. The van der Waals surface area contributed by atoms with Gasteiger partial charge < -0.3 is 4.90 Å². The van der Waals surface area contributed by atoms with E-state index in [2.05, 4.69) is 0 Å². The Morgan fingerprint density at radius 1 is 1.44 bits per heavy atom. The fourth-order valence-electron chi connectivity index (χ4n) is 2.19. The Kier molecular flexibility index (Phi) is 4.52. The fraction of sp³-hybridized carbons (Fsp3) is 0.500. The zero-order chi connectivity index (χ0) is 13.1. The number of nitrogens with zero attached hydrogens (tertiary/aromatic N) is 1. The first-order valence-electron chi connectivity index (χ1n) is 6.26. The third-order valence-corrected chi connectivity index (χ3v) is 3.94. The number of rotatable bonds is 4. The number of hydrogen-bond donors (Lipinski definition) is 0. The van der Waals surface area contributed by atoms with E-state index in [0.29, 0.717) is 29.1 Å². The minimum absolute atomic E-state index is 0.00495. The van der Waals surface area contributed by atoms with Crippen molar-refractivity contribution < 1.29 is 4.79 Å². The van der Waals surface area contributed by atoms with E-state index in [-0.39, 0.29) is 5.91 Å². The molecule has 18 heavy (non-hydrogen) atoms. The summed E-state index contributed by atoms with van der Waals surface area (Å²) >= 11 is 11.9. The van der Waals surface area contributed by atoms with E-state index in [0.717, 1.165) is 18.4 Å². The molecule has 1 amide bonds. The minimum Gasteiger partial charge on any atom is -0.334 e. The summed E-state index contributed by atoms with van der Waals surface area (Å²) in [7, 11) is 0. The largest absolute Gasteiger partial charge is 0.334 e. The highest BCUT2D eigenvalue weighted by atomic mass is 35.5. The van der Waals surface area contributed by atoms with Crippen LogP contribution in [0, 0.1) is 6.92 Å². The number of hydrogen-bond acceptors (Lipinski definition) is 1. The predicted molar refractivity (Wildman–Crippen MR) is 75.6 cm³/mol. The second kappa shape index (κ2) is 5.94. The molecule has 1 aliphatic carbocycles. The molecule has 0 aliphatic heterocycles. The summed E-state index contributed by atoms with van der Waals surface area (Å²) < 4.78 is 0. The lowest BCUT2D eigenvalue weighted by Gasteiger charge is -2.37. The molecule has 2 rings (SSSR count). The summed E-state index contributed by atoms with van der Waals surface area (Å²) in [4.78, 5) is 14.4. The van der Waals surface area contributed by atoms with Gasteiger partial charge in [0.1, 0.15) is 0 Å². The van der Waals surface area contributed by atoms with E-state index in [1.807, 2.05) is 24.0 Å². The summed E-state index contributed by atoms with van der Waals surface area (Å²) in [5.74, 6) is 0.469. The van der Waals surface area contributed by atoms with E-state index in [9.17, 15) is 4.79 Å². The highest BCUT2D eigenvalue weighted by Gasteiger charge is 2.29. The average molecular weight is 286 g/mol. The van der Waals surface area contributed by atoms with E-state index >= 15 is 0 Å². The summed E-state index contributed by atoms with van der Waals surface area (Å²) in [6.45, 7) is 2.55. The molecule has 1 aliphatic rings. The Hall–Kier alpha value is -0.730. The van der Waals surface area contributed by atoms with Gasteiger partial charge in [-0.2, -0.15) is 0 Å². The highest BCUT2D eigenvalue weighted by molar-refractivity contribution is 6.33. The Balaban J connectivity index is 2.21. The van der Waals surface area contributed by atoms with Crippen LogP contribution in [0.1, 0.15) is 35.2 Å². The van der Waals surface area contributed by atoms with Gasteiger partial charge in [0.05, 0.1) is 10.6 Å². The molecule has 1 aromatic carbocycles. The molecular weight excluding hydrogens is 269 g/mol. The number of alkyl halides is 1. The second-order valence-corrected chi connectivity index (χ2v) is 5.54. The molecule has 4 heteroatoms. The van der Waals surface area contributed by atoms with Crippen LogP contribution in [0.25, 0.3) is 0 Å². The van der Waals surface area contributed by atoms with E-state index in [4.69, 9.17) is 23.2 Å². The molecule has 0 N–H and O–H groups in total. The maximum absolute atomic E-state index is 12.5. The first-order chi connectivity index (χ1) is 8.63. The smallest absolute Gasteiger partial charge is 0.255 e. The molecule has 0 heterocycles. The molecule has 1 fully saturated rings. The molecule has 1 saturated carbocycles.